The molecule has 0 bridgehead atoms. The normalized spacial score (nSPS) is 23.3. The summed E-state index contributed by atoms with van der Waals surface area (Å²) in [6, 6.07) is 5.26. The van der Waals surface area contributed by atoms with Crippen molar-refractivity contribution in [3.8, 4) is 0 Å². The molecule has 1 aliphatic rings. The van der Waals surface area contributed by atoms with Crippen LogP contribution in [-0.4, -0.2) is 6.04 Å². The molecule has 0 aromatic heterocycles. The lowest BCUT2D eigenvalue weighted by Gasteiger charge is -2.39. The van der Waals surface area contributed by atoms with E-state index in [4.69, 9.17) is 11.6 Å². The molecule has 0 saturated heterocycles. The highest BCUT2D eigenvalue weighted by atomic mass is 35.5. The molecule has 0 amide bonds. The summed E-state index contributed by atoms with van der Waals surface area (Å²) in [6.07, 6.45) is 6.17. The standard InChI is InChI=1S/C18H27ClFN/c1-4-18(2,3)14-5-8-16(9-6-14)21-12-13-11-15(19)7-10-17(13)20/h7,10-11,14,16,21H,4-6,8-9,12H2,1-3H3. The topological polar surface area (TPSA) is 12.0 Å². The first-order chi connectivity index (χ1) is 9.92. The minimum absolute atomic E-state index is 0.173. The molecule has 0 radical (unpaired) electrons. The van der Waals surface area contributed by atoms with Crippen molar-refractivity contribution in [3.63, 3.8) is 0 Å². The largest absolute Gasteiger partial charge is 0.310 e. The molecule has 1 fully saturated rings. The maximum absolute atomic E-state index is 13.7. The van der Waals surface area contributed by atoms with E-state index in [2.05, 4.69) is 26.1 Å². The van der Waals surface area contributed by atoms with E-state index >= 15 is 0 Å². The Hall–Kier alpha value is -0.600. The van der Waals surface area contributed by atoms with Gasteiger partial charge in [-0.2, -0.15) is 0 Å². The van der Waals surface area contributed by atoms with E-state index in [-0.39, 0.29) is 5.82 Å². The van der Waals surface area contributed by atoms with E-state index in [9.17, 15) is 4.39 Å². The van der Waals surface area contributed by atoms with Crippen LogP contribution >= 0.6 is 11.6 Å². The fourth-order valence-corrected chi connectivity index (χ4v) is 3.50. The molecule has 0 aliphatic heterocycles. The zero-order valence-electron chi connectivity index (χ0n) is 13.4. The summed E-state index contributed by atoms with van der Waals surface area (Å²) in [6.45, 7) is 7.62. The van der Waals surface area contributed by atoms with E-state index in [1.807, 2.05) is 0 Å². The van der Waals surface area contributed by atoms with Gasteiger partial charge >= 0.3 is 0 Å². The minimum Gasteiger partial charge on any atom is -0.310 e. The number of hydrogen-bond donors (Lipinski definition) is 1. The molecular formula is C18H27ClFN. The molecule has 1 N–H and O–H groups in total. The Balaban J connectivity index is 1.83. The number of benzene rings is 1. The molecule has 2 rings (SSSR count). The van der Waals surface area contributed by atoms with Crippen LogP contribution < -0.4 is 5.32 Å². The molecule has 21 heavy (non-hydrogen) atoms. The predicted octanol–water partition coefficient (Wildman–Crippen LogP) is 5.56. The molecular weight excluding hydrogens is 285 g/mol. The third-order valence-electron chi connectivity index (χ3n) is 5.33. The Labute approximate surface area is 133 Å². The van der Waals surface area contributed by atoms with Crippen molar-refractivity contribution in [1.29, 1.82) is 0 Å². The third kappa shape index (κ3) is 4.43. The van der Waals surface area contributed by atoms with Crippen molar-refractivity contribution < 1.29 is 4.39 Å². The molecule has 1 aliphatic carbocycles. The zero-order valence-corrected chi connectivity index (χ0v) is 14.1. The molecule has 0 atom stereocenters. The van der Waals surface area contributed by atoms with Crippen LogP contribution in [0.5, 0.6) is 0 Å². The van der Waals surface area contributed by atoms with Crippen LogP contribution in [0.2, 0.25) is 5.02 Å². The average Bonchev–Trinajstić information content (AvgIpc) is 2.48. The number of rotatable bonds is 5. The molecule has 0 spiro atoms. The van der Waals surface area contributed by atoms with Gasteiger partial charge in [-0.1, -0.05) is 38.8 Å². The Kier molecular flexibility index (Phi) is 5.67. The fourth-order valence-electron chi connectivity index (χ4n) is 3.30. The second-order valence-electron chi connectivity index (χ2n) is 7.01. The van der Waals surface area contributed by atoms with Crippen LogP contribution in [0, 0.1) is 17.2 Å². The van der Waals surface area contributed by atoms with Crippen LogP contribution in [0.25, 0.3) is 0 Å². The number of nitrogens with one attached hydrogen (secondary N) is 1. The number of halogens is 2. The first kappa shape index (κ1) is 16.8. The molecule has 0 unspecified atom stereocenters. The summed E-state index contributed by atoms with van der Waals surface area (Å²) in [4.78, 5) is 0. The SMILES string of the molecule is CCC(C)(C)C1CCC(NCc2cc(Cl)ccc2F)CC1. The average molecular weight is 312 g/mol. The summed E-state index contributed by atoms with van der Waals surface area (Å²) in [5.41, 5.74) is 1.11. The van der Waals surface area contributed by atoms with Gasteiger partial charge in [0.15, 0.2) is 0 Å². The first-order valence-corrected chi connectivity index (χ1v) is 8.47. The summed E-state index contributed by atoms with van der Waals surface area (Å²) >= 11 is 5.93. The van der Waals surface area contributed by atoms with Crippen LogP contribution in [0.1, 0.15) is 58.4 Å². The minimum atomic E-state index is -0.173. The van der Waals surface area contributed by atoms with Crippen molar-refractivity contribution in [2.75, 3.05) is 0 Å². The second kappa shape index (κ2) is 7.11. The smallest absolute Gasteiger partial charge is 0.127 e. The van der Waals surface area contributed by atoms with Gasteiger partial charge in [0.25, 0.3) is 0 Å². The molecule has 1 nitrogen and oxygen atoms in total. The second-order valence-corrected chi connectivity index (χ2v) is 7.44. The Morgan fingerprint density at radius 2 is 1.90 bits per heavy atom. The quantitative estimate of drug-likeness (QED) is 0.750. The summed E-state index contributed by atoms with van der Waals surface area (Å²) in [5, 5.41) is 4.10. The van der Waals surface area contributed by atoms with Crippen molar-refractivity contribution in [3.05, 3.63) is 34.6 Å². The Morgan fingerprint density at radius 1 is 1.24 bits per heavy atom. The highest BCUT2D eigenvalue weighted by molar-refractivity contribution is 6.30. The Bertz CT molecular complexity index is 464. The van der Waals surface area contributed by atoms with E-state index in [1.165, 1.54) is 38.2 Å². The fraction of sp³-hybridized carbons (Fsp3) is 0.667. The maximum Gasteiger partial charge on any atom is 0.127 e. The number of hydrogen-bond acceptors (Lipinski definition) is 1. The lowest BCUT2D eigenvalue weighted by atomic mass is 9.69. The predicted molar refractivity (Wildman–Crippen MR) is 88.1 cm³/mol. The van der Waals surface area contributed by atoms with E-state index in [0.717, 1.165) is 5.92 Å². The van der Waals surface area contributed by atoms with Gasteiger partial charge in [0.05, 0.1) is 0 Å². The monoisotopic (exact) mass is 311 g/mol. The van der Waals surface area contributed by atoms with E-state index in [1.54, 1.807) is 12.1 Å². The third-order valence-corrected chi connectivity index (χ3v) is 5.57. The maximum atomic E-state index is 13.7. The summed E-state index contributed by atoms with van der Waals surface area (Å²) < 4.78 is 13.7. The highest BCUT2D eigenvalue weighted by Crippen LogP contribution is 2.40. The molecule has 1 saturated carbocycles. The van der Waals surface area contributed by atoms with Crippen LogP contribution in [0.4, 0.5) is 4.39 Å². The Morgan fingerprint density at radius 3 is 2.52 bits per heavy atom. The zero-order chi connectivity index (χ0) is 15.5. The molecule has 3 heteroatoms. The van der Waals surface area contributed by atoms with Crippen LogP contribution in [0.15, 0.2) is 18.2 Å². The lowest BCUT2D eigenvalue weighted by molar-refractivity contribution is 0.136. The first-order valence-electron chi connectivity index (χ1n) is 8.09. The molecule has 118 valence electrons. The van der Waals surface area contributed by atoms with Crippen molar-refractivity contribution in [2.24, 2.45) is 11.3 Å². The van der Waals surface area contributed by atoms with Crippen molar-refractivity contribution in [1.82, 2.24) is 5.32 Å². The van der Waals surface area contributed by atoms with Gasteiger partial charge in [-0.25, -0.2) is 4.39 Å². The van der Waals surface area contributed by atoms with E-state index < -0.39 is 0 Å². The van der Waals surface area contributed by atoms with Crippen molar-refractivity contribution >= 4 is 11.6 Å². The summed E-state index contributed by atoms with van der Waals surface area (Å²) in [7, 11) is 0. The lowest BCUT2D eigenvalue weighted by Crippen LogP contribution is -2.36. The molecule has 1 aromatic carbocycles. The summed E-state index contributed by atoms with van der Waals surface area (Å²) in [5.74, 6) is 0.649. The molecule has 1 aromatic rings. The van der Waals surface area contributed by atoms with Gasteiger partial charge in [-0.05, 0) is 55.2 Å². The van der Waals surface area contributed by atoms with Gasteiger partial charge in [0.2, 0.25) is 0 Å². The van der Waals surface area contributed by atoms with Gasteiger partial charge in [0, 0.05) is 23.2 Å². The van der Waals surface area contributed by atoms with Crippen LogP contribution in [-0.2, 0) is 6.54 Å². The highest BCUT2D eigenvalue weighted by Gasteiger charge is 2.31. The van der Waals surface area contributed by atoms with Gasteiger partial charge in [-0.15, -0.1) is 0 Å². The molecule has 0 heterocycles. The van der Waals surface area contributed by atoms with Gasteiger partial charge in [0.1, 0.15) is 5.82 Å². The van der Waals surface area contributed by atoms with Crippen LogP contribution in [0.3, 0.4) is 0 Å². The van der Waals surface area contributed by atoms with Crippen molar-refractivity contribution in [2.45, 2.75) is 65.5 Å². The van der Waals surface area contributed by atoms with Gasteiger partial charge < -0.3 is 5.32 Å². The van der Waals surface area contributed by atoms with E-state index in [0.29, 0.717) is 28.6 Å². The van der Waals surface area contributed by atoms with Gasteiger partial charge in [-0.3, -0.25) is 0 Å².